The summed E-state index contributed by atoms with van der Waals surface area (Å²) in [7, 11) is -3.82. The lowest BCUT2D eigenvalue weighted by molar-refractivity contribution is -0.0604. The first-order chi connectivity index (χ1) is 8.45. The number of nitriles is 1. The molecule has 98 valence electrons. The highest BCUT2D eigenvalue weighted by Crippen LogP contribution is 2.15. The summed E-state index contributed by atoms with van der Waals surface area (Å²) in [5.74, 6) is 0. The summed E-state index contributed by atoms with van der Waals surface area (Å²) in [5.41, 5.74) is 0.965. The lowest BCUT2D eigenvalue weighted by Gasteiger charge is -2.13. The zero-order valence-corrected chi connectivity index (χ0v) is 11.1. The summed E-state index contributed by atoms with van der Waals surface area (Å²) >= 11 is 0. The largest absolute Gasteiger partial charge is 0.351 e. The Hall–Kier alpha value is -1.42. The van der Waals surface area contributed by atoms with Gasteiger partial charge in [-0.3, -0.25) is 0 Å². The highest BCUT2D eigenvalue weighted by Gasteiger charge is 2.19. The van der Waals surface area contributed by atoms with Crippen molar-refractivity contribution in [1.82, 2.24) is 0 Å². The highest BCUT2D eigenvalue weighted by atomic mass is 32.2. The maximum absolute atomic E-state index is 11.8. The SMILES string of the molecule is Cc1ccc(S(=O)(=O)OC(C)OCCC#N)cc1. The molecule has 0 fully saturated rings. The molecule has 0 bridgehead atoms. The van der Waals surface area contributed by atoms with Gasteiger partial charge in [-0.05, 0) is 26.0 Å². The minimum atomic E-state index is -3.82. The molecule has 0 saturated carbocycles. The van der Waals surface area contributed by atoms with E-state index in [0.717, 1.165) is 5.56 Å². The Balaban J connectivity index is 2.65. The van der Waals surface area contributed by atoms with Gasteiger partial charge in [0, 0.05) is 0 Å². The Labute approximate surface area is 107 Å². The third-order valence-electron chi connectivity index (χ3n) is 2.14. The molecule has 1 rings (SSSR count). The summed E-state index contributed by atoms with van der Waals surface area (Å²) in [6.07, 6.45) is -0.720. The van der Waals surface area contributed by atoms with Crippen molar-refractivity contribution in [2.75, 3.05) is 6.61 Å². The average Bonchev–Trinajstić information content (AvgIpc) is 2.29. The van der Waals surface area contributed by atoms with Crippen molar-refractivity contribution >= 4 is 10.1 Å². The van der Waals surface area contributed by atoms with E-state index in [4.69, 9.17) is 14.2 Å². The molecule has 0 aliphatic rings. The fourth-order valence-electron chi connectivity index (χ4n) is 1.24. The molecule has 1 aromatic rings. The Kier molecular flexibility index (Phi) is 5.28. The van der Waals surface area contributed by atoms with Gasteiger partial charge in [0.1, 0.15) is 0 Å². The van der Waals surface area contributed by atoms with E-state index in [1.165, 1.54) is 19.1 Å². The maximum Gasteiger partial charge on any atom is 0.299 e. The van der Waals surface area contributed by atoms with E-state index in [-0.39, 0.29) is 17.9 Å². The monoisotopic (exact) mass is 269 g/mol. The summed E-state index contributed by atoms with van der Waals surface area (Å²) in [5, 5.41) is 8.33. The first-order valence-corrected chi connectivity index (χ1v) is 6.85. The second kappa shape index (κ2) is 6.50. The highest BCUT2D eigenvalue weighted by molar-refractivity contribution is 7.86. The minimum absolute atomic E-state index is 0.0869. The predicted molar refractivity (Wildman–Crippen MR) is 65.1 cm³/mol. The van der Waals surface area contributed by atoms with Crippen LogP contribution < -0.4 is 0 Å². The van der Waals surface area contributed by atoms with E-state index < -0.39 is 16.4 Å². The van der Waals surface area contributed by atoms with Crippen LogP contribution in [-0.4, -0.2) is 21.3 Å². The van der Waals surface area contributed by atoms with E-state index in [2.05, 4.69) is 0 Å². The molecule has 0 heterocycles. The molecule has 0 aliphatic carbocycles. The van der Waals surface area contributed by atoms with E-state index in [0.29, 0.717) is 0 Å². The quantitative estimate of drug-likeness (QED) is 0.448. The second-order valence-corrected chi connectivity index (χ2v) is 5.28. The van der Waals surface area contributed by atoms with Gasteiger partial charge in [0.15, 0.2) is 6.29 Å². The molecule has 18 heavy (non-hydrogen) atoms. The Morgan fingerprint density at radius 3 is 2.50 bits per heavy atom. The lowest BCUT2D eigenvalue weighted by atomic mass is 10.2. The van der Waals surface area contributed by atoms with Crippen LogP contribution in [0.2, 0.25) is 0 Å². The number of hydrogen-bond donors (Lipinski definition) is 0. The van der Waals surface area contributed by atoms with Gasteiger partial charge in [0.2, 0.25) is 0 Å². The van der Waals surface area contributed by atoms with Crippen LogP contribution >= 0.6 is 0 Å². The molecular formula is C12H15NO4S. The Bertz CT molecular complexity index is 516. The third kappa shape index (κ3) is 4.45. The molecule has 0 N–H and O–H groups in total. The van der Waals surface area contributed by atoms with Gasteiger partial charge in [-0.25, -0.2) is 4.18 Å². The molecule has 1 unspecified atom stereocenters. The molecule has 0 aromatic heterocycles. The Morgan fingerprint density at radius 1 is 1.33 bits per heavy atom. The number of nitrogens with zero attached hydrogens (tertiary/aromatic N) is 1. The summed E-state index contributed by atoms with van der Waals surface area (Å²) in [6, 6.07) is 8.24. The first-order valence-electron chi connectivity index (χ1n) is 5.44. The average molecular weight is 269 g/mol. The van der Waals surface area contributed by atoms with Crippen LogP contribution in [0.4, 0.5) is 0 Å². The molecule has 6 heteroatoms. The van der Waals surface area contributed by atoms with Crippen molar-refractivity contribution in [1.29, 1.82) is 5.26 Å². The number of aryl methyl sites for hydroxylation is 1. The minimum Gasteiger partial charge on any atom is -0.351 e. The zero-order valence-electron chi connectivity index (χ0n) is 10.3. The number of rotatable bonds is 6. The van der Waals surface area contributed by atoms with Gasteiger partial charge >= 0.3 is 0 Å². The van der Waals surface area contributed by atoms with Crippen molar-refractivity contribution < 1.29 is 17.3 Å². The molecule has 1 atom stereocenters. The fraction of sp³-hybridized carbons (Fsp3) is 0.417. The van der Waals surface area contributed by atoms with Gasteiger partial charge in [-0.1, -0.05) is 17.7 Å². The van der Waals surface area contributed by atoms with Crippen LogP contribution in [-0.2, 0) is 19.0 Å². The summed E-state index contributed by atoms with van der Waals surface area (Å²) < 4.78 is 33.5. The van der Waals surface area contributed by atoms with Crippen LogP contribution in [0.15, 0.2) is 29.2 Å². The summed E-state index contributed by atoms with van der Waals surface area (Å²) in [6.45, 7) is 3.48. The van der Waals surface area contributed by atoms with E-state index in [9.17, 15) is 8.42 Å². The van der Waals surface area contributed by atoms with Crippen molar-refractivity contribution in [3.8, 4) is 6.07 Å². The topological polar surface area (TPSA) is 76.4 Å². The smallest absolute Gasteiger partial charge is 0.299 e. The molecule has 1 aromatic carbocycles. The fourth-order valence-corrected chi connectivity index (χ4v) is 2.23. The van der Waals surface area contributed by atoms with E-state index >= 15 is 0 Å². The molecule has 0 aliphatic heterocycles. The normalized spacial score (nSPS) is 12.9. The van der Waals surface area contributed by atoms with Gasteiger partial charge in [0.05, 0.1) is 24.0 Å². The van der Waals surface area contributed by atoms with E-state index in [1.807, 2.05) is 13.0 Å². The van der Waals surface area contributed by atoms with Crippen molar-refractivity contribution in [2.45, 2.75) is 31.5 Å². The lowest BCUT2D eigenvalue weighted by Crippen LogP contribution is -2.19. The second-order valence-electron chi connectivity index (χ2n) is 3.71. The molecular weight excluding hydrogens is 254 g/mol. The molecule has 5 nitrogen and oxygen atoms in total. The van der Waals surface area contributed by atoms with Gasteiger partial charge in [-0.2, -0.15) is 13.7 Å². The molecule has 0 saturated heterocycles. The molecule has 0 spiro atoms. The van der Waals surface area contributed by atoms with Crippen LogP contribution in [0.25, 0.3) is 0 Å². The van der Waals surface area contributed by atoms with Crippen LogP contribution in [0, 0.1) is 18.3 Å². The van der Waals surface area contributed by atoms with Crippen molar-refractivity contribution in [2.24, 2.45) is 0 Å². The van der Waals surface area contributed by atoms with E-state index in [1.54, 1.807) is 12.1 Å². The van der Waals surface area contributed by atoms with Crippen LogP contribution in [0.1, 0.15) is 18.9 Å². The van der Waals surface area contributed by atoms with Crippen LogP contribution in [0.3, 0.4) is 0 Å². The van der Waals surface area contributed by atoms with Crippen LogP contribution in [0.5, 0.6) is 0 Å². The number of hydrogen-bond acceptors (Lipinski definition) is 5. The van der Waals surface area contributed by atoms with Crippen molar-refractivity contribution in [3.63, 3.8) is 0 Å². The predicted octanol–water partition coefficient (Wildman–Crippen LogP) is 1.98. The molecule has 0 amide bonds. The number of benzene rings is 1. The third-order valence-corrected chi connectivity index (χ3v) is 3.51. The van der Waals surface area contributed by atoms with Gasteiger partial charge in [0.25, 0.3) is 10.1 Å². The zero-order chi connectivity index (χ0) is 13.6. The number of ether oxygens (including phenoxy) is 1. The van der Waals surface area contributed by atoms with Gasteiger partial charge in [-0.15, -0.1) is 0 Å². The van der Waals surface area contributed by atoms with Crippen molar-refractivity contribution in [3.05, 3.63) is 29.8 Å². The molecule has 0 radical (unpaired) electrons. The summed E-state index contributed by atoms with van der Waals surface area (Å²) in [4.78, 5) is 0.0869. The van der Waals surface area contributed by atoms with Gasteiger partial charge < -0.3 is 4.74 Å². The standard InChI is InChI=1S/C12H15NO4S/c1-10-4-6-12(7-5-10)18(14,15)17-11(2)16-9-3-8-13/h4-7,11H,3,9H2,1-2H3. The Morgan fingerprint density at radius 2 is 1.94 bits per heavy atom. The maximum atomic E-state index is 11.8. The first kappa shape index (κ1) is 14.6.